The van der Waals surface area contributed by atoms with Gasteiger partial charge < -0.3 is 28.1 Å². The highest BCUT2D eigenvalue weighted by molar-refractivity contribution is 6.12. The number of alkyl halides is 6. The molecule has 8 rings (SSSR count). The molecule has 0 saturated carbocycles. The molecule has 0 amide bonds. The Morgan fingerprint density at radius 3 is 1.11 bits per heavy atom. The van der Waals surface area contributed by atoms with Crippen molar-refractivity contribution in [3.63, 3.8) is 0 Å². The molecule has 13 heteroatoms. The molecule has 0 bridgehead atoms. The van der Waals surface area contributed by atoms with Gasteiger partial charge in [-0.05, 0) is 109 Å². The predicted molar refractivity (Wildman–Crippen MR) is 201 cm³/mol. The van der Waals surface area contributed by atoms with Crippen molar-refractivity contribution in [2.45, 2.75) is 12.4 Å². The first-order valence-electron chi connectivity index (χ1n) is 17.0. The molecular formula is C43H29F6N3O4. The second-order valence-electron chi connectivity index (χ2n) is 13.0. The monoisotopic (exact) mass is 765 g/mol. The van der Waals surface area contributed by atoms with Gasteiger partial charge in [0.1, 0.15) is 23.0 Å². The standard InChI is InChI=1S/C43H29F6N3O4/c1-53-27-5-9-36-32(17-27)33-18-28(54-2)6-10-37(33)51(36)40-15-24(22-50)31(23-13-25(42(44,45)46)16-26(14-23)43(47,48)49)21-41(40)52-38-11-7-29(55-3)19-34(38)35-20-30(56-4)8-12-39(35)52/h5-21H,1-4H3. The lowest BCUT2D eigenvalue weighted by molar-refractivity contribution is -0.143. The quantitative estimate of drug-likeness (QED) is 0.151. The topological polar surface area (TPSA) is 70.6 Å². The van der Waals surface area contributed by atoms with Crippen LogP contribution in [-0.2, 0) is 12.4 Å². The van der Waals surface area contributed by atoms with Crippen molar-refractivity contribution in [2.75, 3.05) is 28.4 Å². The van der Waals surface area contributed by atoms with Crippen molar-refractivity contribution in [2.24, 2.45) is 0 Å². The van der Waals surface area contributed by atoms with Gasteiger partial charge in [-0.25, -0.2) is 0 Å². The number of hydrogen-bond donors (Lipinski definition) is 0. The van der Waals surface area contributed by atoms with E-state index >= 15 is 0 Å². The van der Waals surface area contributed by atoms with Crippen LogP contribution in [0, 0.1) is 11.3 Å². The SMILES string of the molecule is COc1ccc2c(c1)c1cc(OC)ccc1n2-c1cc(C#N)c(-c2cc(C(F)(F)F)cc(C(F)(F)F)c2)cc1-n1c2ccc(OC)cc2c2cc(OC)ccc21. The number of rotatable bonds is 7. The minimum atomic E-state index is -5.11. The third-order valence-corrected chi connectivity index (χ3v) is 9.97. The fraction of sp³-hybridized carbons (Fsp3) is 0.140. The fourth-order valence-corrected chi connectivity index (χ4v) is 7.37. The van der Waals surface area contributed by atoms with Gasteiger partial charge in [0.25, 0.3) is 0 Å². The Hall–Kier alpha value is -6.81. The molecule has 0 N–H and O–H groups in total. The minimum absolute atomic E-state index is 0.0687. The first-order valence-corrected chi connectivity index (χ1v) is 17.0. The smallest absolute Gasteiger partial charge is 0.416 e. The zero-order valence-corrected chi connectivity index (χ0v) is 30.1. The highest BCUT2D eigenvalue weighted by Crippen LogP contribution is 2.45. The molecule has 2 aromatic heterocycles. The zero-order valence-electron chi connectivity index (χ0n) is 30.1. The molecule has 0 atom stereocenters. The maximum absolute atomic E-state index is 14.2. The average molecular weight is 766 g/mol. The molecule has 0 aliphatic carbocycles. The van der Waals surface area contributed by atoms with Gasteiger partial charge in [0, 0.05) is 27.1 Å². The maximum Gasteiger partial charge on any atom is 0.416 e. The van der Waals surface area contributed by atoms with Crippen molar-refractivity contribution >= 4 is 43.6 Å². The summed E-state index contributed by atoms with van der Waals surface area (Å²) in [6.45, 7) is 0. The molecule has 0 fully saturated rings. The summed E-state index contributed by atoms with van der Waals surface area (Å²) in [6, 6.07) is 28.1. The average Bonchev–Trinajstić information content (AvgIpc) is 3.70. The molecule has 0 saturated heterocycles. The summed E-state index contributed by atoms with van der Waals surface area (Å²) in [5, 5.41) is 13.6. The summed E-state index contributed by atoms with van der Waals surface area (Å²) in [6.07, 6.45) is -10.2. The van der Waals surface area contributed by atoms with Crippen LogP contribution < -0.4 is 18.9 Å². The third kappa shape index (κ3) is 5.85. The van der Waals surface area contributed by atoms with Crippen LogP contribution in [-0.4, -0.2) is 37.6 Å². The van der Waals surface area contributed by atoms with Crippen LogP contribution in [0.4, 0.5) is 26.3 Å². The molecule has 2 heterocycles. The summed E-state index contributed by atoms with van der Waals surface area (Å²) >= 11 is 0. The van der Waals surface area contributed by atoms with Crippen molar-refractivity contribution in [1.29, 1.82) is 5.26 Å². The molecular weight excluding hydrogens is 736 g/mol. The van der Waals surface area contributed by atoms with Crippen molar-refractivity contribution in [3.8, 4) is 51.6 Å². The Bertz CT molecular complexity index is 2760. The van der Waals surface area contributed by atoms with Crippen molar-refractivity contribution < 1.29 is 45.3 Å². The molecule has 8 aromatic rings. The molecule has 7 nitrogen and oxygen atoms in total. The highest BCUT2D eigenvalue weighted by Gasteiger charge is 2.37. The van der Waals surface area contributed by atoms with E-state index < -0.39 is 29.0 Å². The van der Waals surface area contributed by atoms with Gasteiger partial charge in [-0.15, -0.1) is 0 Å². The number of aromatic nitrogens is 2. The van der Waals surface area contributed by atoms with Crippen LogP contribution in [0.3, 0.4) is 0 Å². The van der Waals surface area contributed by atoms with Crippen LogP contribution in [0.15, 0.2) is 103 Å². The van der Waals surface area contributed by atoms with Gasteiger partial charge in [-0.2, -0.15) is 31.6 Å². The molecule has 6 aromatic carbocycles. The van der Waals surface area contributed by atoms with Gasteiger partial charge in [-0.3, -0.25) is 0 Å². The number of benzene rings is 6. The number of methoxy groups -OCH3 is 4. The van der Waals surface area contributed by atoms with E-state index in [0.717, 1.165) is 21.5 Å². The van der Waals surface area contributed by atoms with E-state index in [-0.39, 0.29) is 17.2 Å². The fourth-order valence-electron chi connectivity index (χ4n) is 7.37. The second kappa shape index (κ2) is 13.2. The summed E-state index contributed by atoms with van der Waals surface area (Å²) in [7, 11) is 6.15. The molecule has 0 aliphatic rings. The number of fused-ring (bicyclic) bond motifs is 6. The van der Waals surface area contributed by atoms with Gasteiger partial charge in [0.15, 0.2) is 0 Å². The summed E-state index contributed by atoms with van der Waals surface area (Å²) in [5.74, 6) is 2.24. The Balaban J connectivity index is 1.57. The molecule has 282 valence electrons. The van der Waals surface area contributed by atoms with Crippen LogP contribution in [0.1, 0.15) is 16.7 Å². The lowest BCUT2D eigenvalue weighted by Gasteiger charge is -2.20. The third-order valence-electron chi connectivity index (χ3n) is 9.97. The van der Waals surface area contributed by atoms with E-state index in [1.807, 2.05) is 57.7 Å². The predicted octanol–water partition coefficient (Wildman–Crippen LogP) is 11.5. The molecule has 56 heavy (non-hydrogen) atoms. The van der Waals surface area contributed by atoms with E-state index in [2.05, 4.69) is 6.07 Å². The van der Waals surface area contributed by atoms with E-state index in [1.54, 1.807) is 38.5 Å². The highest BCUT2D eigenvalue weighted by atomic mass is 19.4. The minimum Gasteiger partial charge on any atom is -0.497 e. The number of nitrogens with zero attached hydrogens (tertiary/aromatic N) is 3. The maximum atomic E-state index is 14.2. The van der Waals surface area contributed by atoms with Crippen LogP contribution in [0.2, 0.25) is 0 Å². The second-order valence-corrected chi connectivity index (χ2v) is 13.0. The van der Waals surface area contributed by atoms with E-state index in [0.29, 0.717) is 68.6 Å². The van der Waals surface area contributed by atoms with Crippen LogP contribution in [0.25, 0.3) is 66.1 Å². The molecule has 0 aliphatic heterocycles. The van der Waals surface area contributed by atoms with E-state index in [1.165, 1.54) is 26.4 Å². The van der Waals surface area contributed by atoms with Gasteiger partial charge in [-0.1, -0.05) is 0 Å². The van der Waals surface area contributed by atoms with Gasteiger partial charge >= 0.3 is 12.4 Å². The van der Waals surface area contributed by atoms with Gasteiger partial charge in [0.05, 0.1) is 84.6 Å². The number of hydrogen-bond acceptors (Lipinski definition) is 5. The lowest BCUT2D eigenvalue weighted by atomic mass is 9.94. The number of nitriles is 1. The summed E-state index contributed by atoms with van der Waals surface area (Å²) < 4.78 is 111. The Morgan fingerprint density at radius 1 is 0.464 bits per heavy atom. The lowest BCUT2D eigenvalue weighted by Crippen LogP contribution is -2.11. The zero-order chi connectivity index (χ0) is 39.7. The Kier molecular flexibility index (Phi) is 8.52. The number of ether oxygens (including phenoxy) is 4. The first kappa shape index (κ1) is 36.2. The van der Waals surface area contributed by atoms with E-state index in [9.17, 15) is 31.6 Å². The van der Waals surface area contributed by atoms with E-state index in [4.69, 9.17) is 18.9 Å². The normalized spacial score (nSPS) is 12.1. The summed E-state index contributed by atoms with van der Waals surface area (Å²) in [4.78, 5) is 0. The van der Waals surface area contributed by atoms with Crippen molar-refractivity contribution in [1.82, 2.24) is 9.13 Å². The molecule has 0 spiro atoms. The largest absolute Gasteiger partial charge is 0.497 e. The number of halogens is 6. The molecule has 0 unspecified atom stereocenters. The molecule has 0 radical (unpaired) electrons. The summed E-state index contributed by atoms with van der Waals surface area (Å²) in [5.41, 5.74) is -0.344. The van der Waals surface area contributed by atoms with Crippen LogP contribution in [0.5, 0.6) is 23.0 Å². The van der Waals surface area contributed by atoms with Gasteiger partial charge in [0.2, 0.25) is 0 Å². The Labute approximate surface area is 315 Å². The van der Waals surface area contributed by atoms with Crippen LogP contribution >= 0.6 is 0 Å². The first-order chi connectivity index (χ1) is 26.8. The van der Waals surface area contributed by atoms with Crippen molar-refractivity contribution in [3.05, 3.63) is 120 Å². The Morgan fingerprint density at radius 2 is 0.804 bits per heavy atom.